The third-order valence-corrected chi connectivity index (χ3v) is 4.86. The van der Waals surface area contributed by atoms with Gasteiger partial charge in [-0.15, -0.1) is 0 Å². The zero-order valence-electron chi connectivity index (χ0n) is 11.8. The number of benzene rings is 2. The summed E-state index contributed by atoms with van der Waals surface area (Å²) in [4.78, 5) is 0. The molecule has 0 aliphatic heterocycles. The summed E-state index contributed by atoms with van der Waals surface area (Å²) in [5.41, 5.74) is 3.21. The molecule has 3 rings (SSSR count). The van der Waals surface area contributed by atoms with Crippen LogP contribution in [0.25, 0.3) is 0 Å². The van der Waals surface area contributed by atoms with Crippen molar-refractivity contribution in [2.24, 2.45) is 0 Å². The first-order valence-electron chi connectivity index (χ1n) is 6.82. The number of halogens is 1. The number of hydrogen-bond acceptors (Lipinski definition) is 2. The Hall–Kier alpha value is -1.77. The molecule has 0 atom stereocenters. The summed E-state index contributed by atoms with van der Waals surface area (Å²) in [5, 5.41) is 4.09. The fourth-order valence-corrected chi connectivity index (χ4v) is 3.17. The summed E-state index contributed by atoms with van der Waals surface area (Å²) in [7, 11) is 0. The number of rotatable bonds is 3. The van der Waals surface area contributed by atoms with Crippen molar-refractivity contribution in [2.45, 2.75) is 6.61 Å². The minimum absolute atomic E-state index is 0.568. The molecule has 0 amide bonds. The van der Waals surface area contributed by atoms with Gasteiger partial charge in [-0.2, -0.15) is 11.3 Å². The normalized spacial score (nSPS) is 9.86. The Labute approximate surface area is 148 Å². The molecule has 1 nitrogen and oxygen atoms in total. The summed E-state index contributed by atoms with van der Waals surface area (Å²) in [6.07, 6.45) is 0. The molecule has 0 saturated heterocycles. The SMILES string of the molecule is Ic1c(C#Cc2ccsc2)cccc1OCc1ccccc1. The molecule has 0 saturated carbocycles. The highest BCUT2D eigenvalue weighted by atomic mass is 127. The van der Waals surface area contributed by atoms with Crippen LogP contribution in [0.1, 0.15) is 16.7 Å². The first-order valence-corrected chi connectivity index (χ1v) is 8.84. The third kappa shape index (κ3) is 3.90. The minimum Gasteiger partial charge on any atom is -0.488 e. The van der Waals surface area contributed by atoms with Crippen molar-refractivity contribution >= 4 is 33.9 Å². The van der Waals surface area contributed by atoms with Crippen molar-refractivity contribution in [3.8, 4) is 17.6 Å². The summed E-state index contributed by atoms with van der Waals surface area (Å²) in [5.74, 6) is 7.28. The second-order valence-electron chi connectivity index (χ2n) is 4.65. The van der Waals surface area contributed by atoms with Crippen molar-refractivity contribution in [3.63, 3.8) is 0 Å². The van der Waals surface area contributed by atoms with Gasteiger partial charge >= 0.3 is 0 Å². The fourth-order valence-electron chi connectivity index (χ4n) is 1.93. The highest BCUT2D eigenvalue weighted by molar-refractivity contribution is 14.1. The van der Waals surface area contributed by atoms with E-state index in [0.717, 1.165) is 26.0 Å². The van der Waals surface area contributed by atoms with E-state index < -0.39 is 0 Å². The summed E-state index contributed by atoms with van der Waals surface area (Å²) < 4.78 is 6.98. The van der Waals surface area contributed by atoms with Crippen LogP contribution in [0.3, 0.4) is 0 Å². The van der Waals surface area contributed by atoms with E-state index in [1.807, 2.05) is 47.8 Å². The van der Waals surface area contributed by atoms with Crippen LogP contribution in [0.5, 0.6) is 5.75 Å². The van der Waals surface area contributed by atoms with Crippen molar-refractivity contribution in [2.75, 3.05) is 0 Å². The second kappa shape index (κ2) is 7.48. The van der Waals surface area contributed by atoms with E-state index >= 15 is 0 Å². The maximum atomic E-state index is 5.93. The predicted octanol–water partition coefficient (Wildman–Crippen LogP) is 5.33. The molecule has 2 aromatic carbocycles. The Morgan fingerprint density at radius 3 is 2.59 bits per heavy atom. The first-order chi connectivity index (χ1) is 10.8. The standard InChI is InChI=1S/C19H13IOS/c20-19-17(10-9-16-11-12-22-14-16)7-4-8-18(19)21-13-15-5-2-1-3-6-15/h1-8,11-12,14H,13H2. The fraction of sp³-hybridized carbons (Fsp3) is 0.0526. The Bertz CT molecular complexity index is 798. The van der Waals surface area contributed by atoms with E-state index in [9.17, 15) is 0 Å². The van der Waals surface area contributed by atoms with Crippen LogP contribution in [-0.2, 0) is 6.61 Å². The lowest BCUT2D eigenvalue weighted by molar-refractivity contribution is 0.304. The van der Waals surface area contributed by atoms with Gasteiger partial charge in [0.25, 0.3) is 0 Å². The minimum atomic E-state index is 0.568. The molecule has 0 unspecified atom stereocenters. The number of thiophene rings is 1. The quantitative estimate of drug-likeness (QED) is 0.414. The molecule has 108 valence electrons. The molecule has 0 N–H and O–H groups in total. The van der Waals surface area contributed by atoms with Gasteiger partial charge in [-0.05, 0) is 51.7 Å². The molecule has 0 radical (unpaired) electrons. The molecular formula is C19H13IOS. The molecule has 3 heteroatoms. The van der Waals surface area contributed by atoms with Gasteiger partial charge in [-0.1, -0.05) is 48.2 Å². The molecule has 0 aliphatic carbocycles. The van der Waals surface area contributed by atoms with Crippen LogP contribution < -0.4 is 4.74 Å². The van der Waals surface area contributed by atoms with Gasteiger partial charge in [0.1, 0.15) is 12.4 Å². The van der Waals surface area contributed by atoms with Crippen LogP contribution in [0.2, 0.25) is 0 Å². The van der Waals surface area contributed by atoms with Crippen molar-refractivity contribution in [3.05, 3.63) is 85.6 Å². The maximum absolute atomic E-state index is 5.93. The highest BCUT2D eigenvalue weighted by Gasteiger charge is 2.05. The van der Waals surface area contributed by atoms with Gasteiger partial charge < -0.3 is 4.74 Å². The topological polar surface area (TPSA) is 9.23 Å². The number of ether oxygens (including phenoxy) is 1. The van der Waals surface area contributed by atoms with Crippen LogP contribution >= 0.6 is 33.9 Å². The van der Waals surface area contributed by atoms with Gasteiger partial charge in [0, 0.05) is 16.5 Å². The van der Waals surface area contributed by atoms with Crippen molar-refractivity contribution in [1.82, 2.24) is 0 Å². The van der Waals surface area contributed by atoms with Gasteiger partial charge in [0.15, 0.2) is 0 Å². The van der Waals surface area contributed by atoms with E-state index in [1.54, 1.807) is 11.3 Å². The van der Waals surface area contributed by atoms with Crippen LogP contribution in [-0.4, -0.2) is 0 Å². The second-order valence-corrected chi connectivity index (χ2v) is 6.51. The molecule has 0 spiro atoms. The predicted molar refractivity (Wildman–Crippen MR) is 100 cm³/mol. The van der Waals surface area contributed by atoms with Gasteiger partial charge in [0.2, 0.25) is 0 Å². The summed E-state index contributed by atoms with van der Waals surface area (Å²) in [6, 6.07) is 18.2. The van der Waals surface area contributed by atoms with E-state index in [0.29, 0.717) is 6.61 Å². The zero-order valence-corrected chi connectivity index (χ0v) is 14.7. The Morgan fingerprint density at radius 2 is 1.82 bits per heavy atom. The first kappa shape index (κ1) is 15.1. The third-order valence-electron chi connectivity index (χ3n) is 3.06. The van der Waals surface area contributed by atoms with Crippen molar-refractivity contribution < 1.29 is 4.74 Å². The lowest BCUT2D eigenvalue weighted by Crippen LogP contribution is -1.97. The lowest BCUT2D eigenvalue weighted by Gasteiger charge is -2.09. The van der Waals surface area contributed by atoms with Gasteiger partial charge in [-0.25, -0.2) is 0 Å². The summed E-state index contributed by atoms with van der Waals surface area (Å²) in [6.45, 7) is 0.568. The van der Waals surface area contributed by atoms with E-state index in [1.165, 1.54) is 0 Å². The Balaban J connectivity index is 1.77. The van der Waals surface area contributed by atoms with Crippen molar-refractivity contribution in [1.29, 1.82) is 0 Å². The maximum Gasteiger partial charge on any atom is 0.134 e. The molecule has 3 aromatic rings. The molecule has 1 heterocycles. The Kier molecular flexibility index (Phi) is 5.15. The van der Waals surface area contributed by atoms with Crippen LogP contribution in [0.4, 0.5) is 0 Å². The smallest absolute Gasteiger partial charge is 0.134 e. The molecular weight excluding hydrogens is 403 g/mol. The highest BCUT2D eigenvalue weighted by Crippen LogP contribution is 2.25. The summed E-state index contributed by atoms with van der Waals surface area (Å²) >= 11 is 3.96. The molecule has 0 bridgehead atoms. The zero-order chi connectivity index (χ0) is 15.2. The average molecular weight is 416 g/mol. The Morgan fingerprint density at radius 1 is 0.955 bits per heavy atom. The van der Waals surface area contributed by atoms with Gasteiger partial charge in [-0.3, -0.25) is 0 Å². The van der Waals surface area contributed by atoms with Crippen LogP contribution in [0.15, 0.2) is 65.4 Å². The average Bonchev–Trinajstić information content (AvgIpc) is 3.07. The van der Waals surface area contributed by atoms with E-state index in [2.05, 4.69) is 51.9 Å². The lowest BCUT2D eigenvalue weighted by atomic mass is 10.2. The molecule has 1 aromatic heterocycles. The van der Waals surface area contributed by atoms with Gasteiger partial charge in [0.05, 0.1) is 3.57 Å². The number of hydrogen-bond donors (Lipinski definition) is 0. The monoisotopic (exact) mass is 416 g/mol. The largest absolute Gasteiger partial charge is 0.488 e. The molecule has 22 heavy (non-hydrogen) atoms. The van der Waals surface area contributed by atoms with E-state index in [-0.39, 0.29) is 0 Å². The van der Waals surface area contributed by atoms with E-state index in [4.69, 9.17) is 4.74 Å². The molecule has 0 fully saturated rings. The van der Waals surface area contributed by atoms with Crippen LogP contribution in [0, 0.1) is 15.4 Å². The molecule has 0 aliphatic rings.